The van der Waals surface area contributed by atoms with Gasteiger partial charge in [-0.2, -0.15) is 0 Å². The van der Waals surface area contributed by atoms with Gasteiger partial charge in [-0.15, -0.1) is 0 Å². The van der Waals surface area contributed by atoms with Gasteiger partial charge in [0, 0.05) is 24.2 Å². The van der Waals surface area contributed by atoms with Gasteiger partial charge in [-0.25, -0.2) is 0 Å². The molecule has 0 saturated carbocycles. The van der Waals surface area contributed by atoms with E-state index in [-0.39, 0.29) is 0 Å². The molecule has 2 nitrogen and oxygen atoms in total. The van der Waals surface area contributed by atoms with Crippen molar-refractivity contribution in [1.29, 1.82) is 0 Å². The molecule has 0 aliphatic carbocycles. The topological polar surface area (TPSA) is 6.48 Å². The Hall–Kier alpha value is -0.0800. The summed E-state index contributed by atoms with van der Waals surface area (Å²) in [6.07, 6.45) is 3.90. The fraction of sp³-hybridized carbons (Fsp3) is 1.00. The molecule has 1 aliphatic heterocycles. The van der Waals surface area contributed by atoms with Gasteiger partial charge in [-0.3, -0.25) is 4.90 Å². The Bertz CT molecular complexity index is 195. The van der Waals surface area contributed by atoms with Crippen molar-refractivity contribution in [3.05, 3.63) is 0 Å². The second-order valence-electron chi connectivity index (χ2n) is 6.13. The summed E-state index contributed by atoms with van der Waals surface area (Å²) in [7, 11) is 4.46. The van der Waals surface area contributed by atoms with Crippen LogP contribution in [-0.4, -0.2) is 48.1 Å². The number of likely N-dealkylation sites (tertiary alicyclic amines) is 1. The predicted octanol–water partition coefficient (Wildman–Crippen LogP) is 2.59. The average Bonchev–Trinajstić information content (AvgIpc) is 2.16. The molecule has 0 aromatic heterocycles. The maximum absolute atomic E-state index is 2.62. The molecule has 90 valence electrons. The normalized spacial score (nSPS) is 23.4. The summed E-state index contributed by atoms with van der Waals surface area (Å²) in [6.45, 7) is 11.8. The molecule has 0 amide bonds. The molecule has 0 atom stereocenters. The fourth-order valence-electron chi connectivity index (χ4n) is 2.71. The van der Waals surface area contributed by atoms with Crippen molar-refractivity contribution < 1.29 is 0 Å². The van der Waals surface area contributed by atoms with Gasteiger partial charge in [0.25, 0.3) is 0 Å². The van der Waals surface area contributed by atoms with Crippen molar-refractivity contribution in [2.45, 2.75) is 58.0 Å². The summed E-state index contributed by atoms with van der Waals surface area (Å²) in [5.74, 6) is 0. The molecule has 1 rings (SSSR count). The Morgan fingerprint density at radius 3 is 1.87 bits per heavy atom. The Morgan fingerprint density at radius 1 is 1.13 bits per heavy atom. The largest absolute Gasteiger partial charge is 0.304 e. The smallest absolute Gasteiger partial charge is 0.0225 e. The van der Waals surface area contributed by atoms with E-state index >= 15 is 0 Å². The molecule has 0 spiro atoms. The van der Waals surface area contributed by atoms with Gasteiger partial charge < -0.3 is 4.90 Å². The van der Waals surface area contributed by atoms with Crippen LogP contribution in [0.5, 0.6) is 0 Å². The average molecular weight is 212 g/mol. The maximum atomic E-state index is 2.62. The monoisotopic (exact) mass is 212 g/mol. The first-order valence-corrected chi connectivity index (χ1v) is 6.24. The summed E-state index contributed by atoms with van der Waals surface area (Å²) in [5.41, 5.74) is 0.800. The van der Waals surface area contributed by atoms with Gasteiger partial charge in [0.1, 0.15) is 0 Å². The standard InChI is InChI=1S/C13H28N2/c1-7-13(14(5)6)8-10-15(11-9-13)12(2,3)4/h7-11H2,1-6H3. The van der Waals surface area contributed by atoms with E-state index < -0.39 is 0 Å². The van der Waals surface area contributed by atoms with Crippen LogP contribution in [0.3, 0.4) is 0 Å². The van der Waals surface area contributed by atoms with Crippen LogP contribution in [0.1, 0.15) is 47.0 Å². The van der Waals surface area contributed by atoms with Crippen molar-refractivity contribution in [1.82, 2.24) is 9.80 Å². The number of nitrogens with zero attached hydrogens (tertiary/aromatic N) is 2. The van der Waals surface area contributed by atoms with Crippen LogP contribution in [0, 0.1) is 0 Å². The van der Waals surface area contributed by atoms with E-state index in [1.807, 2.05) is 0 Å². The van der Waals surface area contributed by atoms with E-state index in [9.17, 15) is 0 Å². The van der Waals surface area contributed by atoms with Gasteiger partial charge in [0.2, 0.25) is 0 Å². The van der Waals surface area contributed by atoms with E-state index in [0.29, 0.717) is 11.1 Å². The lowest BCUT2D eigenvalue weighted by Crippen LogP contribution is -2.56. The molecule has 1 fully saturated rings. The van der Waals surface area contributed by atoms with Crippen LogP contribution >= 0.6 is 0 Å². The molecule has 1 saturated heterocycles. The van der Waals surface area contributed by atoms with Crippen molar-refractivity contribution in [3.63, 3.8) is 0 Å². The van der Waals surface area contributed by atoms with Gasteiger partial charge in [0.05, 0.1) is 0 Å². The van der Waals surface area contributed by atoms with Crippen LogP contribution in [-0.2, 0) is 0 Å². The van der Waals surface area contributed by atoms with Crippen LogP contribution < -0.4 is 0 Å². The number of piperidine rings is 1. The second kappa shape index (κ2) is 4.42. The van der Waals surface area contributed by atoms with E-state index in [1.165, 1.54) is 32.4 Å². The fourth-order valence-corrected chi connectivity index (χ4v) is 2.71. The van der Waals surface area contributed by atoms with Crippen LogP contribution in [0.15, 0.2) is 0 Å². The van der Waals surface area contributed by atoms with Crippen LogP contribution in [0.25, 0.3) is 0 Å². The quantitative estimate of drug-likeness (QED) is 0.694. The lowest BCUT2D eigenvalue weighted by Gasteiger charge is -2.49. The van der Waals surface area contributed by atoms with Crippen molar-refractivity contribution >= 4 is 0 Å². The Balaban J connectivity index is 2.61. The highest BCUT2D eigenvalue weighted by Crippen LogP contribution is 2.32. The Labute approximate surface area is 95.6 Å². The predicted molar refractivity (Wildman–Crippen MR) is 67.3 cm³/mol. The van der Waals surface area contributed by atoms with Gasteiger partial charge in [-0.05, 0) is 54.1 Å². The zero-order valence-corrected chi connectivity index (χ0v) is 11.4. The van der Waals surface area contributed by atoms with Crippen molar-refractivity contribution in [2.24, 2.45) is 0 Å². The second-order valence-corrected chi connectivity index (χ2v) is 6.13. The Kier molecular flexibility index (Phi) is 3.83. The maximum Gasteiger partial charge on any atom is 0.0225 e. The summed E-state index contributed by atoms with van der Waals surface area (Å²) < 4.78 is 0. The minimum atomic E-state index is 0.339. The molecule has 15 heavy (non-hydrogen) atoms. The Morgan fingerprint density at radius 2 is 1.60 bits per heavy atom. The molecule has 0 unspecified atom stereocenters. The van der Waals surface area contributed by atoms with E-state index in [1.54, 1.807) is 0 Å². The van der Waals surface area contributed by atoms with Crippen LogP contribution in [0.2, 0.25) is 0 Å². The molecule has 2 heteroatoms. The third-order valence-corrected chi connectivity index (χ3v) is 4.25. The SMILES string of the molecule is CCC1(N(C)C)CCN(C(C)(C)C)CC1. The zero-order valence-electron chi connectivity index (χ0n) is 11.4. The molecule has 1 aliphatic rings. The minimum absolute atomic E-state index is 0.339. The molecule has 0 radical (unpaired) electrons. The first-order chi connectivity index (χ1) is 6.82. The molecular weight excluding hydrogens is 184 g/mol. The molecule has 0 aromatic rings. The number of hydrogen-bond acceptors (Lipinski definition) is 2. The van der Waals surface area contributed by atoms with E-state index in [0.717, 1.165) is 0 Å². The van der Waals surface area contributed by atoms with Gasteiger partial charge in [0.15, 0.2) is 0 Å². The van der Waals surface area contributed by atoms with E-state index in [4.69, 9.17) is 0 Å². The highest BCUT2D eigenvalue weighted by Gasteiger charge is 2.37. The summed E-state index contributed by atoms with van der Waals surface area (Å²) in [5, 5.41) is 0. The first-order valence-electron chi connectivity index (χ1n) is 6.24. The molecule has 0 bridgehead atoms. The summed E-state index contributed by atoms with van der Waals surface area (Å²) in [6, 6.07) is 0. The van der Waals surface area contributed by atoms with Crippen molar-refractivity contribution in [2.75, 3.05) is 27.2 Å². The molecule has 0 aromatic carbocycles. The van der Waals surface area contributed by atoms with Crippen molar-refractivity contribution in [3.8, 4) is 0 Å². The highest BCUT2D eigenvalue weighted by molar-refractivity contribution is 4.94. The van der Waals surface area contributed by atoms with Gasteiger partial charge >= 0.3 is 0 Å². The first kappa shape index (κ1) is 13.0. The molecule has 0 N–H and O–H groups in total. The summed E-state index contributed by atoms with van der Waals surface area (Å²) in [4.78, 5) is 5.05. The third kappa shape index (κ3) is 2.73. The third-order valence-electron chi connectivity index (χ3n) is 4.25. The lowest BCUT2D eigenvalue weighted by atomic mass is 9.82. The molecular formula is C13H28N2. The number of hydrogen-bond donors (Lipinski definition) is 0. The van der Waals surface area contributed by atoms with Gasteiger partial charge in [-0.1, -0.05) is 6.92 Å². The minimum Gasteiger partial charge on any atom is -0.304 e. The zero-order chi connectivity index (χ0) is 11.7. The summed E-state index contributed by atoms with van der Waals surface area (Å²) >= 11 is 0. The van der Waals surface area contributed by atoms with Crippen LogP contribution in [0.4, 0.5) is 0 Å². The highest BCUT2D eigenvalue weighted by atomic mass is 15.2. The lowest BCUT2D eigenvalue weighted by molar-refractivity contribution is 0.0153. The molecule has 1 heterocycles. The number of rotatable bonds is 2. The van der Waals surface area contributed by atoms with E-state index in [2.05, 4.69) is 51.6 Å².